The third kappa shape index (κ3) is 1.01. The van der Waals surface area contributed by atoms with Crippen LogP contribution in [0, 0.1) is 11.8 Å². The van der Waals surface area contributed by atoms with Crippen molar-refractivity contribution < 1.29 is 0 Å². The highest BCUT2D eigenvalue weighted by Gasteiger charge is 2.44. The van der Waals surface area contributed by atoms with Crippen LogP contribution in [0.1, 0.15) is 33.1 Å². The van der Waals surface area contributed by atoms with Crippen LogP contribution in [0.4, 0.5) is 0 Å². The molecule has 0 aliphatic carbocycles. The molecule has 2 saturated heterocycles. The summed E-state index contributed by atoms with van der Waals surface area (Å²) in [4.78, 5) is 2.62. The molecule has 0 aromatic carbocycles. The van der Waals surface area contributed by atoms with Crippen LogP contribution in [0.25, 0.3) is 0 Å². The van der Waals surface area contributed by atoms with Crippen molar-refractivity contribution in [1.29, 1.82) is 0 Å². The molecule has 1 heteroatoms. The van der Waals surface area contributed by atoms with Gasteiger partial charge in [-0.2, -0.15) is 0 Å². The number of fused-ring (bicyclic) bond motifs is 2. The lowest BCUT2D eigenvalue weighted by Gasteiger charge is -2.24. The van der Waals surface area contributed by atoms with Crippen molar-refractivity contribution in [3.63, 3.8) is 0 Å². The molecule has 0 aromatic rings. The Bertz CT molecular complexity index is 153. The summed E-state index contributed by atoms with van der Waals surface area (Å²) in [7, 11) is 2.31. The minimum absolute atomic E-state index is 0.896. The molecular formula is C10H19N. The highest BCUT2D eigenvalue weighted by molar-refractivity contribution is 4.99. The van der Waals surface area contributed by atoms with E-state index >= 15 is 0 Å². The van der Waals surface area contributed by atoms with Crippen molar-refractivity contribution in [1.82, 2.24) is 4.90 Å². The van der Waals surface area contributed by atoms with Crippen LogP contribution in [-0.2, 0) is 0 Å². The van der Waals surface area contributed by atoms with E-state index in [-0.39, 0.29) is 0 Å². The Morgan fingerprint density at radius 1 is 1.27 bits per heavy atom. The van der Waals surface area contributed by atoms with Gasteiger partial charge in [0, 0.05) is 12.1 Å². The largest absolute Gasteiger partial charge is 0.300 e. The number of rotatable bonds is 1. The minimum Gasteiger partial charge on any atom is -0.300 e. The molecule has 0 aromatic heterocycles. The maximum absolute atomic E-state index is 2.62. The van der Waals surface area contributed by atoms with Crippen LogP contribution >= 0.6 is 0 Å². The predicted molar refractivity (Wildman–Crippen MR) is 47.5 cm³/mol. The quantitative estimate of drug-likeness (QED) is 0.558. The van der Waals surface area contributed by atoms with Gasteiger partial charge in [0.05, 0.1) is 0 Å². The van der Waals surface area contributed by atoms with Gasteiger partial charge in [-0.3, -0.25) is 0 Å². The Labute approximate surface area is 69.8 Å². The summed E-state index contributed by atoms with van der Waals surface area (Å²) in [6, 6.07) is 1.87. The molecule has 2 aliphatic heterocycles. The van der Waals surface area contributed by atoms with Gasteiger partial charge in [0.25, 0.3) is 0 Å². The maximum atomic E-state index is 2.62. The number of hydrogen-bond acceptors (Lipinski definition) is 1. The fraction of sp³-hybridized carbons (Fsp3) is 1.00. The summed E-state index contributed by atoms with van der Waals surface area (Å²) in [6.45, 7) is 4.75. The first kappa shape index (κ1) is 7.60. The van der Waals surface area contributed by atoms with Crippen molar-refractivity contribution in [2.24, 2.45) is 11.8 Å². The highest BCUT2D eigenvalue weighted by atomic mass is 15.2. The number of hydrogen-bond donors (Lipinski definition) is 0. The van der Waals surface area contributed by atoms with E-state index < -0.39 is 0 Å². The minimum atomic E-state index is 0.896. The topological polar surface area (TPSA) is 3.24 Å². The van der Waals surface area contributed by atoms with E-state index in [1.165, 1.54) is 19.3 Å². The van der Waals surface area contributed by atoms with Crippen molar-refractivity contribution in [3.8, 4) is 0 Å². The van der Waals surface area contributed by atoms with E-state index in [2.05, 4.69) is 25.8 Å². The molecule has 0 saturated carbocycles. The van der Waals surface area contributed by atoms with E-state index in [0.29, 0.717) is 0 Å². The monoisotopic (exact) mass is 153 g/mol. The van der Waals surface area contributed by atoms with Crippen molar-refractivity contribution in [3.05, 3.63) is 0 Å². The molecule has 0 N–H and O–H groups in total. The van der Waals surface area contributed by atoms with Gasteiger partial charge in [-0.05, 0) is 38.1 Å². The molecule has 0 amide bonds. The first-order chi connectivity index (χ1) is 5.20. The maximum Gasteiger partial charge on any atom is 0.0127 e. The second-order valence-electron chi connectivity index (χ2n) is 4.61. The van der Waals surface area contributed by atoms with Gasteiger partial charge in [0.2, 0.25) is 0 Å². The zero-order valence-electron chi connectivity index (χ0n) is 7.88. The molecule has 2 fully saturated rings. The first-order valence-electron chi connectivity index (χ1n) is 4.92. The van der Waals surface area contributed by atoms with Crippen molar-refractivity contribution in [2.45, 2.75) is 45.2 Å². The van der Waals surface area contributed by atoms with Crippen LogP contribution in [0.15, 0.2) is 0 Å². The summed E-state index contributed by atoms with van der Waals surface area (Å²) in [5.41, 5.74) is 0. The SMILES string of the molecule is CC(C)C1CC2CCC1N2C. The van der Waals surface area contributed by atoms with Crippen LogP contribution < -0.4 is 0 Å². The zero-order chi connectivity index (χ0) is 8.01. The first-order valence-corrected chi connectivity index (χ1v) is 4.92. The average molecular weight is 153 g/mol. The predicted octanol–water partition coefficient (Wildman–Crippen LogP) is 2.13. The molecule has 2 aliphatic rings. The molecule has 11 heavy (non-hydrogen) atoms. The fourth-order valence-corrected chi connectivity index (χ4v) is 3.03. The standard InChI is InChI=1S/C10H19N/c1-7(2)9-6-8-4-5-10(9)11(8)3/h7-10H,4-6H2,1-3H3. The highest BCUT2D eigenvalue weighted by Crippen LogP contribution is 2.43. The molecule has 2 bridgehead atoms. The van der Waals surface area contributed by atoms with Crippen molar-refractivity contribution in [2.75, 3.05) is 7.05 Å². The Morgan fingerprint density at radius 3 is 2.27 bits per heavy atom. The lowest BCUT2D eigenvalue weighted by atomic mass is 9.82. The Morgan fingerprint density at radius 2 is 2.00 bits per heavy atom. The van der Waals surface area contributed by atoms with Crippen LogP contribution in [-0.4, -0.2) is 24.0 Å². The van der Waals surface area contributed by atoms with Crippen molar-refractivity contribution >= 4 is 0 Å². The lowest BCUT2D eigenvalue weighted by Crippen LogP contribution is -2.28. The van der Waals surface area contributed by atoms with E-state index in [1.54, 1.807) is 0 Å². The van der Waals surface area contributed by atoms with E-state index in [4.69, 9.17) is 0 Å². The van der Waals surface area contributed by atoms with Crippen LogP contribution in [0.5, 0.6) is 0 Å². The molecular weight excluding hydrogens is 134 g/mol. The Balaban J connectivity index is 2.09. The summed E-state index contributed by atoms with van der Waals surface area (Å²) in [6.07, 6.45) is 4.40. The van der Waals surface area contributed by atoms with Crippen LogP contribution in [0.2, 0.25) is 0 Å². The van der Waals surface area contributed by atoms with Gasteiger partial charge in [-0.25, -0.2) is 0 Å². The van der Waals surface area contributed by atoms with E-state index in [9.17, 15) is 0 Å². The zero-order valence-corrected chi connectivity index (χ0v) is 7.88. The molecule has 64 valence electrons. The number of nitrogens with zero attached hydrogens (tertiary/aromatic N) is 1. The Hall–Kier alpha value is -0.0400. The van der Waals surface area contributed by atoms with Crippen LogP contribution in [0.3, 0.4) is 0 Å². The summed E-state index contributed by atoms with van der Waals surface area (Å²) in [5, 5.41) is 0. The van der Waals surface area contributed by atoms with Gasteiger partial charge in [0.15, 0.2) is 0 Å². The van der Waals surface area contributed by atoms with Gasteiger partial charge >= 0.3 is 0 Å². The summed E-state index contributed by atoms with van der Waals surface area (Å²) in [5.74, 6) is 1.89. The van der Waals surface area contributed by atoms with Gasteiger partial charge in [-0.15, -0.1) is 0 Å². The summed E-state index contributed by atoms with van der Waals surface area (Å²) < 4.78 is 0. The molecule has 2 heterocycles. The fourth-order valence-electron chi connectivity index (χ4n) is 3.03. The molecule has 2 rings (SSSR count). The molecule has 0 spiro atoms. The van der Waals surface area contributed by atoms with Gasteiger partial charge in [-0.1, -0.05) is 13.8 Å². The average Bonchev–Trinajstić information content (AvgIpc) is 2.46. The van der Waals surface area contributed by atoms with E-state index in [1.807, 2.05) is 0 Å². The second kappa shape index (κ2) is 2.48. The lowest BCUT2D eigenvalue weighted by molar-refractivity contribution is 0.254. The summed E-state index contributed by atoms with van der Waals surface area (Å²) >= 11 is 0. The third-order valence-electron chi connectivity index (χ3n) is 3.79. The molecule has 0 radical (unpaired) electrons. The molecule has 1 nitrogen and oxygen atoms in total. The second-order valence-corrected chi connectivity index (χ2v) is 4.61. The van der Waals surface area contributed by atoms with E-state index in [0.717, 1.165) is 23.9 Å². The smallest absolute Gasteiger partial charge is 0.0127 e. The van der Waals surface area contributed by atoms with Gasteiger partial charge < -0.3 is 4.90 Å². The Kier molecular flexibility index (Phi) is 1.71. The molecule has 3 unspecified atom stereocenters. The third-order valence-corrected chi connectivity index (χ3v) is 3.79. The normalized spacial score (nSPS) is 44.2. The van der Waals surface area contributed by atoms with Gasteiger partial charge in [0.1, 0.15) is 0 Å². The molecule has 3 atom stereocenters.